The van der Waals surface area contributed by atoms with Crippen molar-refractivity contribution in [1.82, 2.24) is 0 Å². The van der Waals surface area contributed by atoms with Crippen LogP contribution in [0.3, 0.4) is 0 Å². The predicted octanol–water partition coefficient (Wildman–Crippen LogP) is 3.80. The zero-order chi connectivity index (χ0) is 16.3. The van der Waals surface area contributed by atoms with Crippen molar-refractivity contribution in [2.45, 2.75) is 13.5 Å². The summed E-state index contributed by atoms with van der Waals surface area (Å²) < 4.78 is 31.4. The van der Waals surface area contributed by atoms with Gasteiger partial charge >= 0.3 is 0 Å². The number of aryl methyl sites for hydroxylation is 1. The first-order valence-corrected chi connectivity index (χ1v) is 6.42. The van der Waals surface area contributed by atoms with E-state index in [0.717, 1.165) is 6.07 Å². The lowest BCUT2D eigenvalue weighted by molar-refractivity contribution is -0.385. The van der Waals surface area contributed by atoms with E-state index in [4.69, 9.17) is 4.74 Å². The van der Waals surface area contributed by atoms with E-state index in [0.29, 0.717) is 16.8 Å². The highest BCUT2D eigenvalue weighted by Gasteiger charge is 2.16. The minimum atomic E-state index is -0.663. The molecule has 7 heteroatoms. The lowest BCUT2D eigenvalue weighted by Crippen LogP contribution is -2.04. The second kappa shape index (κ2) is 6.38. The molecule has 0 aliphatic rings. The van der Waals surface area contributed by atoms with Gasteiger partial charge in [0.05, 0.1) is 23.8 Å². The Bertz CT molecular complexity index is 700. The van der Waals surface area contributed by atoms with Gasteiger partial charge in [0.1, 0.15) is 17.4 Å². The Hall–Kier alpha value is -2.70. The molecule has 0 aromatic heterocycles. The molecular weight excluding hydrogens is 294 g/mol. The fraction of sp³-hybridized carbons (Fsp3) is 0.200. The van der Waals surface area contributed by atoms with Gasteiger partial charge < -0.3 is 10.1 Å². The van der Waals surface area contributed by atoms with Crippen molar-refractivity contribution >= 4 is 11.4 Å². The van der Waals surface area contributed by atoms with Crippen molar-refractivity contribution in [1.29, 1.82) is 0 Å². The maximum absolute atomic E-state index is 13.1. The molecule has 0 radical (unpaired) electrons. The van der Waals surface area contributed by atoms with Crippen molar-refractivity contribution in [2.24, 2.45) is 0 Å². The van der Waals surface area contributed by atoms with Gasteiger partial charge in [0.25, 0.3) is 5.69 Å². The Kier molecular flexibility index (Phi) is 4.55. The molecule has 0 spiro atoms. The number of anilines is 1. The van der Waals surface area contributed by atoms with E-state index in [2.05, 4.69) is 5.32 Å². The number of nitrogens with zero attached hydrogens (tertiary/aromatic N) is 1. The van der Waals surface area contributed by atoms with Crippen molar-refractivity contribution in [2.75, 3.05) is 12.4 Å². The van der Waals surface area contributed by atoms with E-state index in [1.54, 1.807) is 13.0 Å². The van der Waals surface area contributed by atoms with Gasteiger partial charge in [0, 0.05) is 18.2 Å². The number of rotatable bonds is 5. The molecule has 0 unspecified atom stereocenters. The number of hydrogen-bond acceptors (Lipinski definition) is 4. The van der Waals surface area contributed by atoms with Gasteiger partial charge in [0.15, 0.2) is 0 Å². The third kappa shape index (κ3) is 3.49. The van der Waals surface area contributed by atoms with Crippen LogP contribution in [0.25, 0.3) is 0 Å². The van der Waals surface area contributed by atoms with E-state index in [1.165, 1.54) is 25.3 Å². The number of methoxy groups -OCH3 is 1. The van der Waals surface area contributed by atoms with Crippen LogP contribution >= 0.6 is 0 Å². The standard InChI is InChI=1S/C15H14F2N2O3/c1-9-3-13(15(22-2)7-14(9)19(20)21)18-8-10-4-11(16)6-12(17)5-10/h3-7,18H,8H2,1-2H3. The number of halogens is 2. The maximum Gasteiger partial charge on any atom is 0.276 e. The van der Waals surface area contributed by atoms with Crippen molar-refractivity contribution in [3.8, 4) is 5.75 Å². The fourth-order valence-corrected chi connectivity index (χ4v) is 2.09. The highest BCUT2D eigenvalue weighted by molar-refractivity contribution is 5.64. The Balaban J connectivity index is 2.25. The van der Waals surface area contributed by atoms with Gasteiger partial charge in [-0.15, -0.1) is 0 Å². The molecule has 5 nitrogen and oxygen atoms in total. The average Bonchev–Trinajstić information content (AvgIpc) is 2.43. The maximum atomic E-state index is 13.1. The summed E-state index contributed by atoms with van der Waals surface area (Å²) in [6, 6.07) is 6.08. The molecule has 0 bridgehead atoms. The lowest BCUT2D eigenvalue weighted by Gasteiger charge is -2.12. The van der Waals surface area contributed by atoms with Crippen LogP contribution in [-0.2, 0) is 6.54 Å². The second-order valence-electron chi connectivity index (χ2n) is 4.73. The first-order chi connectivity index (χ1) is 10.4. The quantitative estimate of drug-likeness (QED) is 0.674. The number of nitro groups is 1. The molecule has 0 saturated heterocycles. The third-order valence-corrected chi connectivity index (χ3v) is 3.12. The van der Waals surface area contributed by atoms with E-state index in [-0.39, 0.29) is 18.0 Å². The Labute approximate surface area is 125 Å². The summed E-state index contributed by atoms with van der Waals surface area (Å²) in [7, 11) is 1.39. The largest absolute Gasteiger partial charge is 0.494 e. The second-order valence-corrected chi connectivity index (χ2v) is 4.73. The molecule has 2 aromatic carbocycles. The molecule has 0 amide bonds. The normalized spacial score (nSPS) is 10.4. The lowest BCUT2D eigenvalue weighted by atomic mass is 10.1. The van der Waals surface area contributed by atoms with E-state index >= 15 is 0 Å². The van der Waals surface area contributed by atoms with Crippen LogP contribution in [-0.4, -0.2) is 12.0 Å². The molecule has 2 aromatic rings. The summed E-state index contributed by atoms with van der Waals surface area (Å²) in [4.78, 5) is 10.4. The van der Waals surface area contributed by atoms with Crippen LogP contribution in [0.2, 0.25) is 0 Å². The molecule has 0 saturated carbocycles. The summed E-state index contributed by atoms with van der Waals surface area (Å²) in [5, 5.41) is 13.9. The van der Waals surface area contributed by atoms with Crippen LogP contribution in [0.5, 0.6) is 5.75 Å². The first-order valence-electron chi connectivity index (χ1n) is 6.42. The zero-order valence-corrected chi connectivity index (χ0v) is 12.0. The minimum Gasteiger partial charge on any atom is -0.494 e. The van der Waals surface area contributed by atoms with Gasteiger partial charge in [-0.3, -0.25) is 10.1 Å². The van der Waals surface area contributed by atoms with Gasteiger partial charge in [-0.25, -0.2) is 8.78 Å². The van der Waals surface area contributed by atoms with Crippen LogP contribution in [0.1, 0.15) is 11.1 Å². The smallest absolute Gasteiger partial charge is 0.276 e. The van der Waals surface area contributed by atoms with Crippen molar-refractivity contribution < 1.29 is 18.4 Å². The predicted molar refractivity (Wildman–Crippen MR) is 78.1 cm³/mol. The minimum absolute atomic E-state index is 0.0563. The molecule has 2 rings (SSSR count). The number of benzene rings is 2. The number of ether oxygens (including phenoxy) is 1. The molecule has 0 aliphatic heterocycles. The molecule has 22 heavy (non-hydrogen) atoms. The van der Waals surface area contributed by atoms with E-state index in [9.17, 15) is 18.9 Å². The molecule has 116 valence electrons. The zero-order valence-electron chi connectivity index (χ0n) is 12.0. The van der Waals surface area contributed by atoms with Gasteiger partial charge in [-0.1, -0.05) is 0 Å². The highest BCUT2D eigenvalue weighted by atomic mass is 19.1. The van der Waals surface area contributed by atoms with Crippen LogP contribution in [0.4, 0.5) is 20.2 Å². The van der Waals surface area contributed by atoms with Gasteiger partial charge in [-0.05, 0) is 30.7 Å². The molecule has 0 atom stereocenters. The topological polar surface area (TPSA) is 64.4 Å². The average molecular weight is 308 g/mol. The first kappa shape index (κ1) is 15.7. The van der Waals surface area contributed by atoms with Gasteiger partial charge in [-0.2, -0.15) is 0 Å². The van der Waals surface area contributed by atoms with Crippen molar-refractivity contribution in [3.05, 3.63) is 63.2 Å². The van der Waals surface area contributed by atoms with E-state index in [1.807, 2.05) is 0 Å². The Morgan fingerprint density at radius 1 is 1.18 bits per heavy atom. The molecule has 0 fully saturated rings. The van der Waals surface area contributed by atoms with Gasteiger partial charge in [0.2, 0.25) is 0 Å². The molecule has 0 heterocycles. The Morgan fingerprint density at radius 2 is 1.82 bits per heavy atom. The number of nitro benzene ring substituents is 1. The Morgan fingerprint density at radius 3 is 2.36 bits per heavy atom. The summed E-state index contributed by atoms with van der Waals surface area (Å²) in [5.41, 5.74) is 1.32. The van der Waals surface area contributed by atoms with E-state index < -0.39 is 16.6 Å². The summed E-state index contributed by atoms with van der Waals surface area (Å²) in [5.74, 6) is -1.04. The monoisotopic (exact) mass is 308 g/mol. The summed E-state index contributed by atoms with van der Waals surface area (Å²) in [6.45, 7) is 1.76. The van der Waals surface area contributed by atoms with Crippen LogP contribution < -0.4 is 10.1 Å². The molecular formula is C15H14F2N2O3. The SMILES string of the molecule is COc1cc([N+](=O)[O-])c(C)cc1NCc1cc(F)cc(F)c1. The third-order valence-electron chi connectivity index (χ3n) is 3.12. The molecule has 0 aliphatic carbocycles. The van der Waals surface area contributed by atoms with Crippen LogP contribution in [0, 0.1) is 28.7 Å². The summed E-state index contributed by atoms with van der Waals surface area (Å²) in [6.07, 6.45) is 0. The summed E-state index contributed by atoms with van der Waals surface area (Å²) >= 11 is 0. The van der Waals surface area contributed by atoms with Crippen molar-refractivity contribution in [3.63, 3.8) is 0 Å². The highest BCUT2D eigenvalue weighted by Crippen LogP contribution is 2.32. The fourth-order valence-electron chi connectivity index (χ4n) is 2.09. The van der Waals surface area contributed by atoms with Crippen LogP contribution in [0.15, 0.2) is 30.3 Å². The molecule has 1 N–H and O–H groups in total. The number of hydrogen-bond donors (Lipinski definition) is 1. The number of nitrogens with one attached hydrogen (secondary N) is 1.